The Morgan fingerprint density at radius 1 is 0.627 bits per heavy atom. The number of aromatic nitrogens is 4. The molecule has 0 spiro atoms. The van der Waals surface area contributed by atoms with Crippen LogP contribution in [0.4, 0.5) is 0 Å². The molecule has 249 valence electrons. The Bertz CT molecular complexity index is 2630. The van der Waals surface area contributed by atoms with Crippen molar-refractivity contribution in [1.29, 1.82) is 0 Å². The van der Waals surface area contributed by atoms with Crippen molar-refractivity contribution in [2.75, 3.05) is 0 Å². The van der Waals surface area contributed by atoms with Crippen LogP contribution in [0.15, 0.2) is 144 Å². The van der Waals surface area contributed by atoms with Gasteiger partial charge in [0.15, 0.2) is 0 Å². The third-order valence-electron chi connectivity index (χ3n) is 8.82. The fourth-order valence-electron chi connectivity index (χ4n) is 6.17. The SMILES string of the molecule is Cc1ccc(-c2[c-]cc(C)c(-c3ccccc3)c2)nc1.Cc1ccc2c(n1)oc1c(-c3cc(-c4ccc5ncccc5c4)ccn3)[c-]ccc12.[Ir]. The molecule has 5 aromatic heterocycles. The molecule has 1 radical (unpaired) electrons. The number of fused-ring (bicyclic) bond motifs is 4. The van der Waals surface area contributed by atoms with E-state index in [0.717, 1.165) is 66.6 Å². The van der Waals surface area contributed by atoms with Crippen LogP contribution in [-0.2, 0) is 20.1 Å². The quantitative estimate of drug-likeness (QED) is 0.165. The first-order valence-electron chi connectivity index (χ1n) is 16.5. The molecular weight excluding hydrogens is 805 g/mol. The number of hydrogen-bond acceptors (Lipinski definition) is 5. The van der Waals surface area contributed by atoms with Gasteiger partial charge < -0.3 is 14.4 Å². The summed E-state index contributed by atoms with van der Waals surface area (Å²) in [5.74, 6) is 0. The first-order valence-corrected chi connectivity index (χ1v) is 16.5. The summed E-state index contributed by atoms with van der Waals surface area (Å²) in [5, 5.41) is 3.14. The monoisotopic (exact) mass is 837 g/mol. The second-order valence-corrected chi connectivity index (χ2v) is 12.4. The van der Waals surface area contributed by atoms with Crippen LogP contribution in [-0.4, -0.2) is 19.9 Å². The van der Waals surface area contributed by atoms with Crippen molar-refractivity contribution in [2.24, 2.45) is 0 Å². The Hall–Kier alpha value is -5.81. The maximum atomic E-state index is 6.13. The second kappa shape index (κ2) is 14.6. The zero-order chi connectivity index (χ0) is 34.0. The van der Waals surface area contributed by atoms with E-state index in [0.29, 0.717) is 5.71 Å². The fraction of sp³-hybridized carbons (Fsp3) is 0.0667. The molecule has 0 aliphatic rings. The second-order valence-electron chi connectivity index (χ2n) is 12.4. The van der Waals surface area contributed by atoms with Crippen molar-refractivity contribution in [3.05, 3.63) is 169 Å². The molecule has 4 aromatic carbocycles. The molecule has 5 heterocycles. The Morgan fingerprint density at radius 3 is 2.33 bits per heavy atom. The summed E-state index contributed by atoms with van der Waals surface area (Å²) in [5.41, 5.74) is 14.0. The summed E-state index contributed by atoms with van der Waals surface area (Å²) in [7, 11) is 0. The van der Waals surface area contributed by atoms with Crippen molar-refractivity contribution >= 4 is 33.0 Å². The minimum Gasteiger partial charge on any atom is -0.486 e. The molecule has 9 rings (SSSR count). The van der Waals surface area contributed by atoms with Gasteiger partial charge in [-0.2, -0.15) is 0 Å². The zero-order valence-corrected chi connectivity index (χ0v) is 30.7. The van der Waals surface area contributed by atoms with Crippen LogP contribution in [0.25, 0.3) is 77.7 Å². The molecule has 0 N–H and O–H groups in total. The third kappa shape index (κ3) is 6.98. The predicted octanol–water partition coefficient (Wildman–Crippen LogP) is 11.2. The average molecular weight is 837 g/mol. The van der Waals surface area contributed by atoms with Crippen LogP contribution in [0.1, 0.15) is 16.8 Å². The first kappa shape index (κ1) is 33.7. The van der Waals surface area contributed by atoms with Gasteiger partial charge in [-0.1, -0.05) is 84.1 Å². The summed E-state index contributed by atoms with van der Waals surface area (Å²) in [6, 6.07) is 47.8. The number of furan rings is 1. The van der Waals surface area contributed by atoms with Gasteiger partial charge in [-0.15, -0.1) is 47.5 Å². The smallest absolute Gasteiger partial charge is 0.216 e. The van der Waals surface area contributed by atoms with Gasteiger partial charge in [0.1, 0.15) is 0 Å². The number of nitrogens with zero attached hydrogens (tertiary/aromatic N) is 4. The largest absolute Gasteiger partial charge is 0.486 e. The van der Waals surface area contributed by atoms with Crippen molar-refractivity contribution < 1.29 is 24.5 Å². The Labute approximate surface area is 310 Å². The van der Waals surface area contributed by atoms with Gasteiger partial charge in [0, 0.05) is 55.2 Å². The minimum atomic E-state index is 0. The van der Waals surface area contributed by atoms with E-state index < -0.39 is 0 Å². The van der Waals surface area contributed by atoms with Crippen LogP contribution >= 0.6 is 0 Å². The van der Waals surface area contributed by atoms with Crippen molar-refractivity contribution in [3.8, 4) is 44.8 Å². The summed E-state index contributed by atoms with van der Waals surface area (Å²) in [6.45, 7) is 6.12. The molecule has 0 unspecified atom stereocenters. The van der Waals surface area contributed by atoms with Crippen LogP contribution in [0.5, 0.6) is 0 Å². The molecule has 0 saturated carbocycles. The number of aryl methyl sites for hydroxylation is 3. The fourth-order valence-corrected chi connectivity index (χ4v) is 6.17. The molecule has 0 aliphatic carbocycles. The summed E-state index contributed by atoms with van der Waals surface area (Å²) in [6.07, 6.45) is 5.54. The van der Waals surface area contributed by atoms with E-state index in [1.165, 1.54) is 22.3 Å². The van der Waals surface area contributed by atoms with Gasteiger partial charge in [0.05, 0.1) is 11.1 Å². The van der Waals surface area contributed by atoms with E-state index in [1.54, 1.807) is 0 Å². The standard InChI is InChI=1S/C26H16N3O.C19H16N.Ir/c1-16-7-9-21-20-5-2-6-22(25(20)30-26(21)29-16)24-15-18(11-13-28-24)17-8-10-23-19(14-17)4-3-12-27-23;1-14-8-11-19(20-13-14)17-10-9-15(2)18(12-17)16-6-4-3-5-7-16;/h2-5,7-15H,1H3;3-9,11-13H,1-2H3;/q2*-1;. The Kier molecular flexibility index (Phi) is 9.63. The molecule has 6 heteroatoms. The third-order valence-corrected chi connectivity index (χ3v) is 8.82. The van der Waals surface area contributed by atoms with Gasteiger partial charge >= 0.3 is 0 Å². The molecular formula is C45H32IrN4O-2. The molecule has 5 nitrogen and oxygen atoms in total. The van der Waals surface area contributed by atoms with E-state index in [9.17, 15) is 0 Å². The molecule has 0 amide bonds. The van der Waals surface area contributed by atoms with E-state index >= 15 is 0 Å². The maximum absolute atomic E-state index is 6.13. The summed E-state index contributed by atoms with van der Waals surface area (Å²) >= 11 is 0. The number of hydrogen-bond donors (Lipinski definition) is 0. The molecule has 51 heavy (non-hydrogen) atoms. The Balaban J connectivity index is 0.000000169. The Morgan fingerprint density at radius 2 is 1.49 bits per heavy atom. The topological polar surface area (TPSA) is 64.7 Å². The number of pyridine rings is 4. The molecule has 0 aliphatic heterocycles. The van der Waals surface area contributed by atoms with Crippen LogP contribution < -0.4 is 0 Å². The number of rotatable bonds is 4. The molecule has 0 bridgehead atoms. The van der Waals surface area contributed by atoms with Crippen LogP contribution in [0.2, 0.25) is 0 Å². The molecule has 9 aromatic rings. The van der Waals surface area contributed by atoms with Gasteiger partial charge in [-0.05, 0) is 83.9 Å². The van der Waals surface area contributed by atoms with Crippen molar-refractivity contribution in [1.82, 2.24) is 19.9 Å². The van der Waals surface area contributed by atoms with Gasteiger partial charge in [-0.25, -0.2) is 4.98 Å². The van der Waals surface area contributed by atoms with E-state index in [-0.39, 0.29) is 20.1 Å². The van der Waals surface area contributed by atoms with Crippen LogP contribution in [0.3, 0.4) is 0 Å². The average Bonchev–Trinajstić information content (AvgIpc) is 3.54. The summed E-state index contributed by atoms with van der Waals surface area (Å²) in [4.78, 5) is 18.0. The van der Waals surface area contributed by atoms with Gasteiger partial charge in [0.2, 0.25) is 5.71 Å². The maximum Gasteiger partial charge on any atom is 0.216 e. The van der Waals surface area contributed by atoms with Gasteiger partial charge in [0.25, 0.3) is 0 Å². The van der Waals surface area contributed by atoms with E-state index in [2.05, 4.69) is 106 Å². The molecule has 0 fully saturated rings. The van der Waals surface area contributed by atoms with E-state index in [1.807, 2.05) is 87.0 Å². The molecule has 0 atom stereocenters. The molecule has 0 saturated heterocycles. The summed E-state index contributed by atoms with van der Waals surface area (Å²) < 4.78 is 6.13. The van der Waals surface area contributed by atoms with Crippen molar-refractivity contribution in [3.63, 3.8) is 0 Å². The van der Waals surface area contributed by atoms with Gasteiger partial charge in [-0.3, -0.25) is 4.98 Å². The van der Waals surface area contributed by atoms with Crippen LogP contribution in [0, 0.1) is 32.9 Å². The predicted molar refractivity (Wildman–Crippen MR) is 202 cm³/mol. The first-order chi connectivity index (χ1) is 24.5. The van der Waals surface area contributed by atoms with Crippen molar-refractivity contribution in [2.45, 2.75) is 20.8 Å². The normalized spacial score (nSPS) is 10.9. The van der Waals surface area contributed by atoms with E-state index in [4.69, 9.17) is 4.42 Å². The minimum absolute atomic E-state index is 0. The zero-order valence-electron chi connectivity index (χ0n) is 28.3. The number of benzene rings is 4.